The van der Waals surface area contributed by atoms with Gasteiger partial charge in [0.15, 0.2) is 5.82 Å². The quantitative estimate of drug-likeness (QED) is 0.389. The van der Waals surface area contributed by atoms with Gasteiger partial charge in [-0.1, -0.05) is 0 Å². The lowest BCUT2D eigenvalue weighted by Gasteiger charge is -2.41. The van der Waals surface area contributed by atoms with Gasteiger partial charge < -0.3 is 24.4 Å². The normalized spacial score (nSPS) is 18.9. The van der Waals surface area contributed by atoms with Crippen LogP contribution in [0.25, 0.3) is 11.0 Å². The first kappa shape index (κ1) is 28.0. The summed E-state index contributed by atoms with van der Waals surface area (Å²) < 4.78 is 18.7. The topological polar surface area (TPSA) is 120 Å². The predicted molar refractivity (Wildman–Crippen MR) is 152 cm³/mol. The second-order valence-corrected chi connectivity index (χ2v) is 11.4. The van der Waals surface area contributed by atoms with Crippen molar-refractivity contribution in [2.45, 2.75) is 78.3 Å². The minimum Gasteiger partial charge on any atom is -0.444 e. The highest BCUT2D eigenvalue weighted by molar-refractivity contribution is 5.90. The van der Waals surface area contributed by atoms with Gasteiger partial charge >= 0.3 is 6.09 Å². The number of anilines is 3. The number of rotatable bonds is 9. The zero-order valence-electron chi connectivity index (χ0n) is 24.3. The number of nitrogens with zero attached hydrogens (tertiary/aromatic N) is 7. The van der Waals surface area contributed by atoms with E-state index in [0.29, 0.717) is 57.0 Å². The molecule has 2 aliphatic rings. The molecule has 12 nitrogen and oxygen atoms in total. The number of hydrogen-bond donors (Lipinski definition) is 1. The lowest BCUT2D eigenvalue weighted by molar-refractivity contribution is 0.0122. The minimum absolute atomic E-state index is 0.0371. The van der Waals surface area contributed by atoms with Crippen LogP contribution in [0.3, 0.4) is 0 Å². The molecule has 0 spiro atoms. The molecular formula is C28H40N8O4. The molecule has 5 rings (SSSR count). The van der Waals surface area contributed by atoms with Crippen molar-refractivity contribution in [3.8, 4) is 0 Å². The Bertz CT molecular complexity index is 1340. The highest BCUT2D eigenvalue weighted by Gasteiger charge is 2.45. The summed E-state index contributed by atoms with van der Waals surface area (Å²) in [5.41, 5.74) is 2.78. The Hall–Kier alpha value is -3.51. The van der Waals surface area contributed by atoms with Crippen molar-refractivity contribution in [3.05, 3.63) is 29.6 Å². The number of carbonyl (C=O) groups is 1. The largest absolute Gasteiger partial charge is 0.444 e. The lowest BCUT2D eigenvalue weighted by atomic mass is 10.2. The molecule has 2 aliphatic heterocycles. The zero-order valence-corrected chi connectivity index (χ0v) is 24.3. The van der Waals surface area contributed by atoms with Crippen LogP contribution in [0.1, 0.15) is 51.8 Å². The van der Waals surface area contributed by atoms with Gasteiger partial charge in [0.25, 0.3) is 0 Å². The maximum atomic E-state index is 13.0. The molecule has 2 saturated heterocycles. The molecule has 3 aromatic heterocycles. The highest BCUT2D eigenvalue weighted by Crippen LogP contribution is 2.35. The van der Waals surface area contributed by atoms with Gasteiger partial charge in [-0.25, -0.2) is 14.8 Å². The van der Waals surface area contributed by atoms with Crippen LogP contribution in [0.5, 0.6) is 0 Å². The maximum absolute atomic E-state index is 13.0. The van der Waals surface area contributed by atoms with Crippen LogP contribution in [0, 0.1) is 6.92 Å². The Morgan fingerprint density at radius 2 is 1.93 bits per heavy atom. The standard InChI is InChI=1S/C28H40N8O4/c1-7-39-13-12-35-24-23(21(33-35)17-38-6)31-26(32-25(24)30-22-14-18(2)10-11-29-22)34-15-19-8-9-20(16-34)36(19)27(37)40-28(3,4)5/h10-11,14,19-20H,7-9,12-13,15-17H2,1-6H3,(H,29,30,31,32). The average Bonchev–Trinajstić information content (AvgIpc) is 3.37. The smallest absolute Gasteiger partial charge is 0.410 e. The molecule has 2 fully saturated rings. The molecule has 2 atom stereocenters. The van der Waals surface area contributed by atoms with Crippen molar-refractivity contribution in [3.63, 3.8) is 0 Å². The summed E-state index contributed by atoms with van der Waals surface area (Å²) in [6, 6.07) is 4.00. The molecule has 40 heavy (non-hydrogen) atoms. The van der Waals surface area contributed by atoms with Crippen molar-refractivity contribution in [2.75, 3.05) is 43.6 Å². The van der Waals surface area contributed by atoms with E-state index in [1.54, 1.807) is 13.3 Å². The number of fused-ring (bicyclic) bond motifs is 3. The number of nitrogens with one attached hydrogen (secondary N) is 1. The molecule has 2 unspecified atom stereocenters. The van der Waals surface area contributed by atoms with Crippen LogP contribution in [-0.4, -0.2) is 86.8 Å². The Balaban J connectivity index is 1.52. The van der Waals surface area contributed by atoms with Crippen molar-refractivity contribution >= 4 is 34.7 Å². The third-order valence-corrected chi connectivity index (χ3v) is 7.11. The first-order chi connectivity index (χ1) is 19.2. The fraction of sp³-hybridized carbons (Fsp3) is 0.607. The lowest BCUT2D eigenvalue weighted by Crippen LogP contribution is -2.57. The van der Waals surface area contributed by atoms with Gasteiger partial charge in [-0.05, 0) is 65.2 Å². The minimum atomic E-state index is -0.535. The number of ether oxygens (including phenoxy) is 3. The number of pyridine rings is 1. The van der Waals surface area contributed by atoms with Crippen molar-refractivity contribution in [1.82, 2.24) is 29.6 Å². The van der Waals surface area contributed by atoms with Gasteiger partial charge in [0.1, 0.15) is 28.1 Å². The number of hydrogen-bond acceptors (Lipinski definition) is 10. The summed E-state index contributed by atoms with van der Waals surface area (Å²) >= 11 is 0. The highest BCUT2D eigenvalue weighted by atomic mass is 16.6. The van der Waals surface area contributed by atoms with E-state index < -0.39 is 5.60 Å². The Morgan fingerprint density at radius 3 is 2.58 bits per heavy atom. The first-order valence-corrected chi connectivity index (χ1v) is 14.0. The number of amides is 1. The van der Waals surface area contributed by atoms with Gasteiger partial charge in [0.05, 0.1) is 31.8 Å². The molecule has 5 heterocycles. The number of carbonyl (C=O) groups excluding carboxylic acids is 1. The van der Waals surface area contributed by atoms with Crippen LogP contribution < -0.4 is 10.2 Å². The molecule has 2 bridgehead atoms. The Kier molecular flexibility index (Phi) is 8.09. The Morgan fingerprint density at radius 1 is 1.18 bits per heavy atom. The fourth-order valence-electron chi connectivity index (χ4n) is 5.46. The molecule has 1 N–H and O–H groups in total. The van der Waals surface area contributed by atoms with Crippen LogP contribution >= 0.6 is 0 Å². The molecule has 12 heteroatoms. The molecule has 3 aromatic rings. The number of methoxy groups -OCH3 is 1. The summed E-state index contributed by atoms with van der Waals surface area (Å²) in [6.07, 6.45) is 3.37. The number of aryl methyl sites for hydroxylation is 1. The molecule has 0 aliphatic carbocycles. The van der Waals surface area contributed by atoms with E-state index in [4.69, 9.17) is 29.3 Å². The molecule has 1 amide bonds. The predicted octanol–water partition coefficient (Wildman–Crippen LogP) is 4.04. The molecular weight excluding hydrogens is 512 g/mol. The monoisotopic (exact) mass is 552 g/mol. The van der Waals surface area contributed by atoms with Gasteiger partial charge in [-0.3, -0.25) is 9.58 Å². The number of aromatic nitrogens is 5. The van der Waals surface area contributed by atoms with E-state index in [1.165, 1.54) is 0 Å². The van der Waals surface area contributed by atoms with Crippen LogP contribution in [0.2, 0.25) is 0 Å². The van der Waals surface area contributed by atoms with Gasteiger partial charge in [0.2, 0.25) is 5.95 Å². The maximum Gasteiger partial charge on any atom is 0.410 e. The van der Waals surface area contributed by atoms with Gasteiger partial charge in [-0.2, -0.15) is 10.1 Å². The molecule has 0 saturated carbocycles. The van der Waals surface area contributed by atoms with Gasteiger partial charge in [-0.15, -0.1) is 0 Å². The van der Waals surface area contributed by atoms with Crippen LogP contribution in [-0.2, 0) is 27.4 Å². The van der Waals surface area contributed by atoms with Crippen molar-refractivity contribution in [1.29, 1.82) is 0 Å². The van der Waals surface area contributed by atoms with E-state index in [0.717, 1.165) is 35.1 Å². The third kappa shape index (κ3) is 5.97. The SMILES string of the molecule is CCOCCn1nc(COC)c2nc(N3CC4CCC(C3)N4C(=O)OC(C)(C)C)nc(Nc3cc(C)ccn3)c21. The average molecular weight is 553 g/mol. The van der Waals surface area contributed by atoms with Gasteiger partial charge in [0, 0.05) is 33.0 Å². The van der Waals surface area contributed by atoms with Crippen molar-refractivity contribution < 1.29 is 19.0 Å². The first-order valence-electron chi connectivity index (χ1n) is 14.0. The summed E-state index contributed by atoms with van der Waals surface area (Å²) in [6.45, 7) is 12.9. The summed E-state index contributed by atoms with van der Waals surface area (Å²) in [4.78, 5) is 31.6. The van der Waals surface area contributed by atoms with E-state index in [-0.39, 0.29) is 18.2 Å². The van der Waals surface area contributed by atoms with E-state index >= 15 is 0 Å². The van der Waals surface area contributed by atoms with E-state index in [1.807, 2.05) is 56.3 Å². The summed E-state index contributed by atoms with van der Waals surface area (Å²) in [5, 5.41) is 8.26. The second kappa shape index (κ2) is 11.5. The fourth-order valence-corrected chi connectivity index (χ4v) is 5.46. The van der Waals surface area contributed by atoms with Crippen LogP contribution in [0.15, 0.2) is 18.3 Å². The Labute approximate surface area is 235 Å². The molecule has 0 radical (unpaired) electrons. The molecule has 216 valence electrons. The zero-order chi connectivity index (χ0) is 28.4. The summed E-state index contributed by atoms with van der Waals surface area (Å²) in [5.74, 6) is 1.89. The van der Waals surface area contributed by atoms with E-state index in [9.17, 15) is 4.79 Å². The van der Waals surface area contributed by atoms with E-state index in [2.05, 4.69) is 15.2 Å². The third-order valence-electron chi connectivity index (χ3n) is 7.11. The summed E-state index contributed by atoms with van der Waals surface area (Å²) in [7, 11) is 1.65. The second-order valence-electron chi connectivity index (χ2n) is 11.4. The van der Waals surface area contributed by atoms with Crippen LogP contribution in [0.4, 0.5) is 22.4 Å². The molecule has 0 aromatic carbocycles. The van der Waals surface area contributed by atoms with Crippen molar-refractivity contribution in [2.24, 2.45) is 0 Å². The number of piperazine rings is 1.